The molecular weight excluding hydrogens is 377 g/mol. The number of fused-ring (bicyclic) bond motifs is 2. The van der Waals surface area contributed by atoms with E-state index in [2.05, 4.69) is 0 Å². The Morgan fingerprint density at radius 1 is 1.00 bits per heavy atom. The van der Waals surface area contributed by atoms with Gasteiger partial charge in [0.15, 0.2) is 0 Å². The molecule has 8 heteroatoms. The number of piperazine rings is 1. The second-order valence-corrected chi connectivity index (χ2v) is 8.50. The third-order valence-corrected chi connectivity index (χ3v) is 6.74. The number of hydrogen-bond donors (Lipinski definition) is 0. The van der Waals surface area contributed by atoms with Crippen LogP contribution in [0.2, 0.25) is 0 Å². The Kier molecular flexibility index (Phi) is 4.26. The third kappa shape index (κ3) is 3.14. The second kappa shape index (κ2) is 6.71. The molecule has 3 amide bonds. The van der Waals surface area contributed by atoms with Crippen LogP contribution in [0.5, 0.6) is 0 Å². The highest BCUT2D eigenvalue weighted by Crippen LogP contribution is 2.41. The van der Waals surface area contributed by atoms with Gasteiger partial charge in [-0.05, 0) is 37.1 Å². The fraction of sp³-hybridized carbons (Fsp3) is 0.571. The number of nitrogens with zero attached hydrogens (tertiary/aromatic N) is 3. The summed E-state index contributed by atoms with van der Waals surface area (Å²) in [7, 11) is 0. The first-order valence-electron chi connectivity index (χ1n) is 10.3. The molecule has 1 aromatic carbocycles. The van der Waals surface area contributed by atoms with Crippen molar-refractivity contribution in [3.8, 4) is 0 Å². The highest BCUT2D eigenvalue weighted by Gasteiger charge is 2.57. The van der Waals surface area contributed by atoms with Crippen molar-refractivity contribution in [1.29, 1.82) is 0 Å². The van der Waals surface area contributed by atoms with Gasteiger partial charge >= 0.3 is 6.09 Å². The van der Waals surface area contributed by atoms with Crippen molar-refractivity contribution in [3.05, 3.63) is 35.6 Å². The lowest BCUT2D eigenvalue weighted by Gasteiger charge is -2.45. The first kappa shape index (κ1) is 18.4. The molecule has 1 atom stereocenters. The van der Waals surface area contributed by atoms with E-state index in [0.29, 0.717) is 51.1 Å². The number of carbonyl (C=O) groups excluding carboxylic acids is 3. The largest absolute Gasteiger partial charge is 0.440 e. The molecule has 3 aliphatic heterocycles. The molecule has 1 spiro atoms. The Labute approximate surface area is 168 Å². The van der Waals surface area contributed by atoms with Crippen molar-refractivity contribution < 1.29 is 23.5 Å². The monoisotopic (exact) mass is 401 g/mol. The lowest BCUT2D eigenvalue weighted by Crippen LogP contribution is -2.61. The number of carbonyl (C=O) groups is 3. The zero-order valence-corrected chi connectivity index (χ0v) is 16.2. The third-order valence-electron chi connectivity index (χ3n) is 6.74. The van der Waals surface area contributed by atoms with Gasteiger partial charge in [-0.15, -0.1) is 0 Å². The zero-order chi connectivity index (χ0) is 20.2. The number of rotatable bonds is 2. The second-order valence-electron chi connectivity index (χ2n) is 8.50. The molecule has 4 aliphatic rings. The molecule has 0 bridgehead atoms. The van der Waals surface area contributed by atoms with Crippen LogP contribution >= 0.6 is 0 Å². The number of halogens is 1. The van der Waals surface area contributed by atoms with E-state index < -0.39 is 5.60 Å². The molecule has 0 N–H and O–H groups in total. The van der Waals surface area contributed by atoms with Gasteiger partial charge in [0, 0.05) is 57.0 Å². The van der Waals surface area contributed by atoms with Crippen molar-refractivity contribution in [3.63, 3.8) is 0 Å². The average Bonchev–Trinajstić information content (AvgIpc) is 3.55. The summed E-state index contributed by atoms with van der Waals surface area (Å²) in [6.07, 6.45) is 2.82. The molecule has 29 heavy (non-hydrogen) atoms. The number of ether oxygens (including phenoxy) is 1. The molecule has 154 valence electrons. The molecule has 1 saturated carbocycles. The van der Waals surface area contributed by atoms with E-state index in [1.54, 1.807) is 9.80 Å². The molecule has 3 heterocycles. The SMILES string of the molecule is O=C(c1ccc(F)cc1)N1CCN2C(=O)OC3(CCN(C(=O)C4CC4)CC3)C2C1. The van der Waals surface area contributed by atoms with E-state index in [1.807, 2.05) is 4.90 Å². The minimum atomic E-state index is -0.654. The topological polar surface area (TPSA) is 70.2 Å². The van der Waals surface area contributed by atoms with Gasteiger partial charge in [-0.25, -0.2) is 9.18 Å². The van der Waals surface area contributed by atoms with Gasteiger partial charge in [0.1, 0.15) is 11.4 Å². The van der Waals surface area contributed by atoms with Gasteiger partial charge in [0.05, 0.1) is 6.04 Å². The molecule has 3 saturated heterocycles. The maximum atomic E-state index is 13.2. The molecule has 1 aliphatic carbocycles. The standard InChI is InChI=1S/C21H24FN3O4/c22-16-5-3-15(4-6-16)19(27)24-11-12-25-17(13-24)21(29-20(25)28)7-9-23(10-8-21)18(26)14-1-2-14/h3-6,14,17H,1-2,7-13H2. The van der Waals surface area contributed by atoms with E-state index >= 15 is 0 Å². The van der Waals surface area contributed by atoms with E-state index in [0.717, 1.165) is 12.8 Å². The lowest BCUT2D eigenvalue weighted by molar-refractivity contribution is -0.136. The summed E-state index contributed by atoms with van der Waals surface area (Å²) in [5.41, 5.74) is -0.219. The first-order valence-corrected chi connectivity index (χ1v) is 10.3. The molecule has 7 nitrogen and oxygen atoms in total. The summed E-state index contributed by atoms with van der Waals surface area (Å²) in [4.78, 5) is 43.1. The quantitative estimate of drug-likeness (QED) is 0.759. The lowest BCUT2D eigenvalue weighted by atomic mass is 9.82. The molecule has 4 fully saturated rings. The van der Waals surface area contributed by atoms with Crippen LogP contribution in [0.25, 0.3) is 0 Å². The Balaban J connectivity index is 1.31. The average molecular weight is 401 g/mol. The number of hydrogen-bond acceptors (Lipinski definition) is 4. The van der Waals surface area contributed by atoms with Crippen molar-refractivity contribution in [1.82, 2.24) is 14.7 Å². The van der Waals surface area contributed by atoms with Crippen LogP contribution in [-0.2, 0) is 9.53 Å². The van der Waals surface area contributed by atoms with Crippen LogP contribution in [0.1, 0.15) is 36.0 Å². The normalized spacial score (nSPS) is 25.8. The Morgan fingerprint density at radius 3 is 2.34 bits per heavy atom. The molecule has 0 radical (unpaired) electrons. The fourth-order valence-corrected chi connectivity index (χ4v) is 4.84. The van der Waals surface area contributed by atoms with Crippen LogP contribution in [0.4, 0.5) is 9.18 Å². The highest BCUT2D eigenvalue weighted by atomic mass is 19.1. The first-order chi connectivity index (χ1) is 14.0. The van der Waals surface area contributed by atoms with Crippen molar-refractivity contribution in [2.45, 2.75) is 37.3 Å². The van der Waals surface area contributed by atoms with Gasteiger partial charge in [-0.2, -0.15) is 0 Å². The molecule has 1 aromatic rings. The number of likely N-dealkylation sites (tertiary alicyclic amines) is 1. The summed E-state index contributed by atoms with van der Waals surface area (Å²) in [6.45, 7) is 2.39. The predicted octanol–water partition coefficient (Wildman–Crippen LogP) is 1.87. The van der Waals surface area contributed by atoms with Gasteiger partial charge in [-0.1, -0.05) is 0 Å². The summed E-state index contributed by atoms with van der Waals surface area (Å²) in [5, 5.41) is 0. The van der Waals surface area contributed by atoms with Gasteiger partial charge in [0.2, 0.25) is 5.91 Å². The van der Waals surface area contributed by atoms with Crippen LogP contribution in [-0.4, -0.2) is 77.0 Å². The van der Waals surface area contributed by atoms with Crippen LogP contribution < -0.4 is 0 Å². The molecule has 0 aromatic heterocycles. The molecule has 1 unspecified atom stereocenters. The van der Waals surface area contributed by atoms with Crippen molar-refractivity contribution in [2.75, 3.05) is 32.7 Å². The Hall–Kier alpha value is -2.64. The van der Waals surface area contributed by atoms with E-state index in [1.165, 1.54) is 24.3 Å². The summed E-state index contributed by atoms with van der Waals surface area (Å²) in [5.74, 6) is -0.143. The van der Waals surface area contributed by atoms with Crippen LogP contribution in [0.3, 0.4) is 0 Å². The summed E-state index contributed by atoms with van der Waals surface area (Å²) < 4.78 is 19.0. The van der Waals surface area contributed by atoms with E-state index in [9.17, 15) is 18.8 Å². The highest BCUT2D eigenvalue weighted by molar-refractivity contribution is 5.94. The number of piperidine rings is 1. The van der Waals surface area contributed by atoms with Crippen LogP contribution in [0.15, 0.2) is 24.3 Å². The van der Waals surface area contributed by atoms with Crippen molar-refractivity contribution >= 4 is 17.9 Å². The van der Waals surface area contributed by atoms with Crippen molar-refractivity contribution in [2.24, 2.45) is 5.92 Å². The van der Waals surface area contributed by atoms with E-state index in [4.69, 9.17) is 4.74 Å². The minimum absolute atomic E-state index is 0.166. The smallest absolute Gasteiger partial charge is 0.410 e. The number of benzene rings is 1. The summed E-state index contributed by atoms with van der Waals surface area (Å²) >= 11 is 0. The Bertz CT molecular complexity index is 846. The van der Waals surface area contributed by atoms with Gasteiger partial charge in [0.25, 0.3) is 5.91 Å². The minimum Gasteiger partial charge on any atom is -0.440 e. The van der Waals surface area contributed by atoms with Gasteiger partial charge < -0.3 is 14.5 Å². The fourth-order valence-electron chi connectivity index (χ4n) is 4.84. The molecule has 5 rings (SSSR count). The molecular formula is C21H24FN3O4. The maximum absolute atomic E-state index is 13.2. The zero-order valence-electron chi connectivity index (χ0n) is 16.2. The number of amides is 3. The maximum Gasteiger partial charge on any atom is 0.410 e. The predicted molar refractivity (Wildman–Crippen MR) is 101 cm³/mol. The van der Waals surface area contributed by atoms with Crippen LogP contribution in [0, 0.1) is 11.7 Å². The summed E-state index contributed by atoms with van der Waals surface area (Å²) in [6, 6.07) is 5.31. The van der Waals surface area contributed by atoms with E-state index in [-0.39, 0.29) is 35.7 Å². The Morgan fingerprint density at radius 2 is 1.69 bits per heavy atom. The van der Waals surface area contributed by atoms with Gasteiger partial charge in [-0.3, -0.25) is 14.5 Å².